The number of hydrogen-bond donors (Lipinski definition) is 1. The van der Waals surface area contributed by atoms with Gasteiger partial charge in [-0.15, -0.1) is 5.00 Å². The van der Waals surface area contributed by atoms with Crippen LogP contribution in [0.4, 0.5) is 0 Å². The van der Waals surface area contributed by atoms with Gasteiger partial charge in [-0.25, -0.2) is 4.84 Å². The minimum atomic E-state index is -0.435. The van der Waals surface area contributed by atoms with Crippen LogP contribution in [0.1, 0.15) is 52.5 Å². The van der Waals surface area contributed by atoms with Crippen LogP contribution in [0.5, 0.6) is 5.75 Å². The van der Waals surface area contributed by atoms with Crippen molar-refractivity contribution in [1.29, 1.82) is 0 Å². The molecule has 2 unspecified atom stereocenters. The van der Waals surface area contributed by atoms with E-state index in [1.807, 2.05) is 12.1 Å². The van der Waals surface area contributed by atoms with Crippen molar-refractivity contribution >= 4 is 11.8 Å². The first-order chi connectivity index (χ1) is 9.43. The fourth-order valence-corrected chi connectivity index (χ4v) is 2.50. The first-order valence-electron chi connectivity index (χ1n) is 7.22. The lowest BCUT2D eigenvalue weighted by Gasteiger charge is -2.23. The standard InChI is InChI=1S/C16H26ClNO2/c1-11(2)10-16(12(3)4)14-6-8-15(9-7-14)19-13(5)20-18-17/h6-9,11-13,16,18H,10H2,1-5H3. The molecule has 1 aromatic carbocycles. The Kier molecular flexibility index (Phi) is 7.35. The van der Waals surface area contributed by atoms with Gasteiger partial charge in [-0.05, 0) is 48.8 Å². The van der Waals surface area contributed by atoms with E-state index in [0.29, 0.717) is 17.8 Å². The molecule has 114 valence electrons. The van der Waals surface area contributed by atoms with E-state index in [9.17, 15) is 0 Å². The van der Waals surface area contributed by atoms with E-state index in [2.05, 4.69) is 44.8 Å². The molecule has 2 atom stereocenters. The third-order valence-corrected chi connectivity index (χ3v) is 3.44. The normalized spacial score (nSPS) is 14.6. The maximum atomic E-state index is 5.56. The summed E-state index contributed by atoms with van der Waals surface area (Å²) in [5.41, 5.74) is 1.37. The minimum Gasteiger partial charge on any atom is -0.464 e. The maximum Gasteiger partial charge on any atom is 0.216 e. The van der Waals surface area contributed by atoms with Crippen LogP contribution >= 0.6 is 11.8 Å². The smallest absolute Gasteiger partial charge is 0.216 e. The van der Waals surface area contributed by atoms with Crippen LogP contribution in [0.15, 0.2) is 24.3 Å². The lowest BCUT2D eigenvalue weighted by atomic mass is 9.82. The summed E-state index contributed by atoms with van der Waals surface area (Å²) in [5, 5.41) is 0. The van der Waals surface area contributed by atoms with Crippen LogP contribution in [0.2, 0.25) is 0 Å². The Morgan fingerprint density at radius 2 is 1.65 bits per heavy atom. The average molecular weight is 300 g/mol. The Bertz CT molecular complexity index is 379. The molecule has 1 N–H and O–H groups in total. The molecule has 1 rings (SSSR count). The number of hydrogen-bond acceptors (Lipinski definition) is 3. The van der Waals surface area contributed by atoms with E-state index in [1.54, 1.807) is 6.92 Å². The maximum absolute atomic E-state index is 5.56. The Hall–Kier alpha value is -0.770. The molecule has 20 heavy (non-hydrogen) atoms. The van der Waals surface area contributed by atoms with E-state index in [4.69, 9.17) is 21.4 Å². The first kappa shape index (κ1) is 17.3. The molecule has 0 saturated heterocycles. The minimum absolute atomic E-state index is 0.435. The quantitative estimate of drug-likeness (QED) is 0.422. The largest absolute Gasteiger partial charge is 0.464 e. The highest BCUT2D eigenvalue weighted by Gasteiger charge is 2.17. The molecular weight excluding hydrogens is 274 g/mol. The number of nitrogens with one attached hydrogen (secondary N) is 1. The highest BCUT2D eigenvalue weighted by molar-refractivity contribution is 6.12. The van der Waals surface area contributed by atoms with Gasteiger partial charge >= 0.3 is 0 Å². The van der Waals surface area contributed by atoms with Gasteiger partial charge < -0.3 is 4.74 Å². The Morgan fingerprint density at radius 1 is 1.05 bits per heavy atom. The molecule has 4 heteroatoms. The van der Waals surface area contributed by atoms with Crippen LogP contribution in [0, 0.1) is 11.8 Å². The molecule has 0 aliphatic rings. The second-order valence-corrected chi connectivity index (χ2v) is 6.08. The topological polar surface area (TPSA) is 30.5 Å². The third-order valence-electron chi connectivity index (χ3n) is 3.35. The summed E-state index contributed by atoms with van der Waals surface area (Å²) in [6, 6.07) is 8.25. The van der Waals surface area contributed by atoms with Crippen molar-refractivity contribution < 1.29 is 9.57 Å². The monoisotopic (exact) mass is 299 g/mol. The van der Waals surface area contributed by atoms with Gasteiger partial charge in [-0.3, -0.25) is 0 Å². The average Bonchev–Trinajstić information content (AvgIpc) is 2.37. The van der Waals surface area contributed by atoms with Crippen molar-refractivity contribution in [2.24, 2.45) is 11.8 Å². The highest BCUT2D eigenvalue weighted by Crippen LogP contribution is 2.32. The van der Waals surface area contributed by atoms with E-state index in [0.717, 1.165) is 5.75 Å². The molecule has 0 radical (unpaired) electrons. The molecular formula is C16H26ClNO2. The predicted octanol–water partition coefficient (Wildman–Crippen LogP) is 4.87. The zero-order chi connectivity index (χ0) is 15.1. The van der Waals surface area contributed by atoms with Crippen LogP contribution in [0.25, 0.3) is 0 Å². The zero-order valence-corrected chi connectivity index (χ0v) is 13.8. The fraction of sp³-hybridized carbons (Fsp3) is 0.625. The lowest BCUT2D eigenvalue weighted by Crippen LogP contribution is -2.20. The fourth-order valence-electron chi connectivity index (χ4n) is 2.37. The first-order valence-corrected chi connectivity index (χ1v) is 7.59. The van der Waals surface area contributed by atoms with Gasteiger partial charge in [-0.1, -0.05) is 39.8 Å². The predicted molar refractivity (Wildman–Crippen MR) is 83.6 cm³/mol. The molecule has 0 aromatic heterocycles. The van der Waals surface area contributed by atoms with Crippen molar-refractivity contribution in [1.82, 2.24) is 5.00 Å². The molecule has 3 nitrogen and oxygen atoms in total. The van der Waals surface area contributed by atoms with Gasteiger partial charge in [0.2, 0.25) is 6.29 Å². The van der Waals surface area contributed by atoms with Gasteiger partial charge in [0.15, 0.2) is 0 Å². The van der Waals surface area contributed by atoms with Crippen LogP contribution in [-0.2, 0) is 4.84 Å². The van der Waals surface area contributed by atoms with Crippen molar-refractivity contribution in [3.8, 4) is 5.75 Å². The van der Waals surface area contributed by atoms with Gasteiger partial charge in [0.1, 0.15) is 5.75 Å². The van der Waals surface area contributed by atoms with Gasteiger partial charge in [-0.2, -0.15) is 0 Å². The lowest BCUT2D eigenvalue weighted by molar-refractivity contribution is -0.0910. The van der Waals surface area contributed by atoms with Crippen molar-refractivity contribution in [3.63, 3.8) is 0 Å². The summed E-state index contributed by atoms with van der Waals surface area (Å²) < 4.78 is 5.56. The summed E-state index contributed by atoms with van der Waals surface area (Å²) >= 11 is 5.26. The highest BCUT2D eigenvalue weighted by atomic mass is 35.5. The summed E-state index contributed by atoms with van der Waals surface area (Å²) in [4.78, 5) is 7.01. The van der Waals surface area contributed by atoms with Crippen LogP contribution in [-0.4, -0.2) is 6.29 Å². The molecule has 0 amide bonds. The second kappa shape index (κ2) is 8.50. The summed E-state index contributed by atoms with van der Waals surface area (Å²) in [6.07, 6.45) is 0.767. The zero-order valence-electron chi connectivity index (χ0n) is 13.0. The molecule has 1 aromatic rings. The third kappa shape index (κ3) is 5.70. The van der Waals surface area contributed by atoms with Gasteiger partial charge in [0.25, 0.3) is 0 Å². The molecule has 0 saturated carbocycles. The Labute approximate surface area is 127 Å². The number of benzene rings is 1. The summed E-state index contributed by atoms with van der Waals surface area (Å²) in [7, 11) is 0. The number of ether oxygens (including phenoxy) is 1. The van der Waals surface area contributed by atoms with E-state index >= 15 is 0 Å². The van der Waals surface area contributed by atoms with E-state index in [1.165, 1.54) is 12.0 Å². The Morgan fingerprint density at radius 3 is 2.10 bits per heavy atom. The molecule has 0 aliphatic carbocycles. The van der Waals surface area contributed by atoms with Crippen LogP contribution in [0.3, 0.4) is 0 Å². The van der Waals surface area contributed by atoms with Crippen LogP contribution < -0.4 is 9.74 Å². The van der Waals surface area contributed by atoms with Crippen molar-refractivity contribution in [2.45, 2.75) is 53.2 Å². The SMILES string of the molecule is CC(C)CC(c1ccc(OC(C)ONCl)cc1)C(C)C. The molecule has 0 bridgehead atoms. The molecule has 0 aliphatic heterocycles. The molecule has 0 heterocycles. The second-order valence-electron chi connectivity index (χ2n) is 5.93. The Balaban J connectivity index is 2.72. The number of rotatable bonds is 8. The van der Waals surface area contributed by atoms with Crippen molar-refractivity contribution in [2.75, 3.05) is 0 Å². The van der Waals surface area contributed by atoms with Crippen molar-refractivity contribution in [3.05, 3.63) is 29.8 Å². The van der Waals surface area contributed by atoms with Gasteiger partial charge in [0, 0.05) is 11.8 Å². The summed E-state index contributed by atoms with van der Waals surface area (Å²) in [6.45, 7) is 10.9. The molecule has 0 spiro atoms. The van der Waals surface area contributed by atoms with Gasteiger partial charge in [0.05, 0.1) is 0 Å². The molecule has 0 fully saturated rings. The summed E-state index contributed by atoms with van der Waals surface area (Å²) in [5.74, 6) is 2.69. The number of halogens is 1. The van der Waals surface area contributed by atoms with E-state index in [-0.39, 0.29) is 0 Å². The van der Waals surface area contributed by atoms with E-state index < -0.39 is 6.29 Å².